The minimum absolute atomic E-state index is 0.0630. The highest BCUT2D eigenvalue weighted by Crippen LogP contribution is 2.30. The number of hydrogen-bond donors (Lipinski definition) is 1. The average Bonchev–Trinajstić information content (AvgIpc) is 2.54. The third-order valence-corrected chi connectivity index (χ3v) is 3.77. The lowest BCUT2D eigenvalue weighted by atomic mass is 9.98. The largest absolute Gasteiger partial charge is 0.466 e. The molecular weight excluding hydrogens is 325 g/mol. The summed E-state index contributed by atoms with van der Waals surface area (Å²) < 4.78 is 43.1. The molecule has 8 heteroatoms. The summed E-state index contributed by atoms with van der Waals surface area (Å²) in [5, 5.41) is 2.45. The van der Waals surface area contributed by atoms with E-state index in [-0.39, 0.29) is 24.8 Å². The number of carbonyl (C=O) groups excluding carboxylic acids is 2. The van der Waals surface area contributed by atoms with Crippen molar-refractivity contribution in [1.29, 1.82) is 0 Å². The Morgan fingerprint density at radius 2 is 2.12 bits per heavy atom. The lowest BCUT2D eigenvalue weighted by Gasteiger charge is -2.31. The summed E-state index contributed by atoms with van der Waals surface area (Å²) in [6.07, 6.45) is -3.20. The Bertz CT molecular complexity index is 604. The fraction of sp³-hybridized carbons (Fsp3) is 0.500. The summed E-state index contributed by atoms with van der Waals surface area (Å²) in [6, 6.07) is 3.91. The van der Waals surface area contributed by atoms with E-state index in [0.717, 1.165) is 12.1 Å². The van der Waals surface area contributed by atoms with Crippen molar-refractivity contribution in [3.63, 3.8) is 0 Å². The number of nitrogens with one attached hydrogen (secondary N) is 1. The monoisotopic (exact) mass is 344 g/mol. The summed E-state index contributed by atoms with van der Waals surface area (Å²) in [5.41, 5.74) is -0.767. The molecule has 1 aromatic carbocycles. The molecule has 0 spiro atoms. The first kappa shape index (κ1) is 18.1. The zero-order chi connectivity index (χ0) is 17.7. The van der Waals surface area contributed by atoms with E-state index in [1.165, 1.54) is 17.0 Å². The van der Waals surface area contributed by atoms with Crippen LogP contribution in [0.15, 0.2) is 24.3 Å². The molecule has 132 valence electrons. The predicted octanol–water partition coefficient (Wildman–Crippen LogP) is 3.51. The molecule has 2 amide bonds. The number of esters is 1. The van der Waals surface area contributed by atoms with Gasteiger partial charge in [0.1, 0.15) is 0 Å². The first-order valence-electron chi connectivity index (χ1n) is 7.71. The average molecular weight is 344 g/mol. The maximum atomic E-state index is 12.7. The third-order valence-electron chi connectivity index (χ3n) is 3.77. The normalized spacial score (nSPS) is 18.2. The Balaban J connectivity index is 2.00. The van der Waals surface area contributed by atoms with Gasteiger partial charge in [0.2, 0.25) is 0 Å². The van der Waals surface area contributed by atoms with Crippen molar-refractivity contribution in [2.24, 2.45) is 5.92 Å². The molecule has 24 heavy (non-hydrogen) atoms. The molecule has 2 rings (SSSR count). The molecule has 1 heterocycles. The van der Waals surface area contributed by atoms with E-state index in [4.69, 9.17) is 4.74 Å². The Hall–Kier alpha value is -2.25. The first-order chi connectivity index (χ1) is 11.3. The van der Waals surface area contributed by atoms with Crippen LogP contribution in [-0.4, -0.2) is 36.6 Å². The van der Waals surface area contributed by atoms with Gasteiger partial charge in [0.05, 0.1) is 18.1 Å². The van der Waals surface area contributed by atoms with E-state index >= 15 is 0 Å². The fourth-order valence-electron chi connectivity index (χ4n) is 2.59. The van der Waals surface area contributed by atoms with Gasteiger partial charge in [0.15, 0.2) is 0 Å². The zero-order valence-corrected chi connectivity index (χ0v) is 13.2. The maximum Gasteiger partial charge on any atom is 0.416 e. The van der Waals surface area contributed by atoms with Crippen LogP contribution in [0.4, 0.5) is 23.7 Å². The molecule has 0 saturated carbocycles. The number of carbonyl (C=O) groups is 2. The van der Waals surface area contributed by atoms with Crippen molar-refractivity contribution in [3.05, 3.63) is 29.8 Å². The number of nitrogens with zero attached hydrogens (tertiary/aromatic N) is 1. The van der Waals surface area contributed by atoms with E-state index in [1.54, 1.807) is 6.92 Å². The standard InChI is InChI=1S/C16H19F3N2O3/c1-2-24-14(22)11-5-4-8-21(10-11)15(23)20-13-7-3-6-12(9-13)16(17,18)19/h3,6-7,9,11H,2,4-5,8,10H2,1H3,(H,20,23). The number of piperidine rings is 1. The van der Waals surface area contributed by atoms with E-state index < -0.39 is 23.7 Å². The van der Waals surface area contributed by atoms with Gasteiger partial charge < -0.3 is 15.0 Å². The van der Waals surface area contributed by atoms with E-state index in [9.17, 15) is 22.8 Å². The van der Waals surface area contributed by atoms with Crippen LogP contribution >= 0.6 is 0 Å². The smallest absolute Gasteiger partial charge is 0.416 e. The van der Waals surface area contributed by atoms with E-state index in [1.807, 2.05) is 0 Å². The number of hydrogen-bond acceptors (Lipinski definition) is 3. The number of halogens is 3. The lowest BCUT2D eigenvalue weighted by Crippen LogP contribution is -2.44. The van der Waals surface area contributed by atoms with Gasteiger partial charge in [-0.2, -0.15) is 13.2 Å². The van der Waals surface area contributed by atoms with Crippen LogP contribution in [0.5, 0.6) is 0 Å². The molecule has 1 aliphatic heterocycles. The van der Waals surface area contributed by atoms with Crippen molar-refractivity contribution in [3.8, 4) is 0 Å². The minimum Gasteiger partial charge on any atom is -0.466 e. The molecule has 1 aromatic rings. The molecule has 1 fully saturated rings. The number of ether oxygens (including phenoxy) is 1. The molecule has 1 N–H and O–H groups in total. The highest BCUT2D eigenvalue weighted by atomic mass is 19.4. The van der Waals surface area contributed by atoms with Crippen LogP contribution < -0.4 is 5.32 Å². The van der Waals surface area contributed by atoms with Crippen LogP contribution in [0.3, 0.4) is 0 Å². The molecule has 1 atom stereocenters. The Labute approximate surface area is 137 Å². The van der Waals surface area contributed by atoms with Crippen LogP contribution in [0.1, 0.15) is 25.3 Å². The van der Waals surface area contributed by atoms with Gasteiger partial charge in [0, 0.05) is 18.8 Å². The fourth-order valence-corrected chi connectivity index (χ4v) is 2.59. The summed E-state index contributed by atoms with van der Waals surface area (Å²) in [6.45, 7) is 2.62. The van der Waals surface area contributed by atoms with Gasteiger partial charge in [-0.3, -0.25) is 4.79 Å². The highest BCUT2D eigenvalue weighted by Gasteiger charge is 2.31. The predicted molar refractivity (Wildman–Crippen MR) is 81.4 cm³/mol. The van der Waals surface area contributed by atoms with Crippen molar-refractivity contribution in [2.75, 3.05) is 25.0 Å². The van der Waals surface area contributed by atoms with E-state index in [2.05, 4.69) is 5.32 Å². The quantitative estimate of drug-likeness (QED) is 0.854. The van der Waals surface area contributed by atoms with Crippen molar-refractivity contribution in [1.82, 2.24) is 4.90 Å². The molecule has 1 aliphatic rings. The number of rotatable bonds is 3. The number of anilines is 1. The molecule has 5 nitrogen and oxygen atoms in total. The molecule has 0 radical (unpaired) electrons. The summed E-state index contributed by atoms with van der Waals surface area (Å²) in [7, 11) is 0. The summed E-state index contributed by atoms with van der Waals surface area (Å²) in [4.78, 5) is 25.4. The van der Waals surface area contributed by atoms with Crippen LogP contribution in [-0.2, 0) is 15.7 Å². The van der Waals surface area contributed by atoms with Crippen molar-refractivity contribution >= 4 is 17.7 Å². The number of benzene rings is 1. The van der Waals surface area contributed by atoms with Gasteiger partial charge in [-0.25, -0.2) is 4.79 Å². The summed E-state index contributed by atoms with van der Waals surface area (Å²) in [5.74, 6) is -0.750. The van der Waals surface area contributed by atoms with Crippen molar-refractivity contribution < 1.29 is 27.5 Å². The Morgan fingerprint density at radius 3 is 2.79 bits per heavy atom. The number of alkyl halides is 3. The molecule has 0 aromatic heterocycles. The van der Waals surface area contributed by atoms with Gasteiger partial charge >= 0.3 is 18.2 Å². The second-order valence-electron chi connectivity index (χ2n) is 5.55. The summed E-state index contributed by atoms with van der Waals surface area (Å²) >= 11 is 0. The van der Waals surface area contributed by atoms with Gasteiger partial charge in [0.25, 0.3) is 0 Å². The van der Waals surface area contributed by atoms with E-state index in [0.29, 0.717) is 19.4 Å². The van der Waals surface area contributed by atoms with Crippen molar-refractivity contribution in [2.45, 2.75) is 25.9 Å². The molecule has 0 bridgehead atoms. The molecule has 0 aliphatic carbocycles. The van der Waals surface area contributed by atoms with Crippen LogP contribution in [0.25, 0.3) is 0 Å². The molecular formula is C16H19F3N2O3. The maximum absolute atomic E-state index is 12.7. The number of urea groups is 1. The molecule has 1 unspecified atom stereocenters. The third kappa shape index (κ3) is 4.62. The lowest BCUT2D eigenvalue weighted by molar-refractivity contribution is -0.149. The number of amides is 2. The van der Waals surface area contributed by atoms with Gasteiger partial charge in [-0.05, 0) is 38.0 Å². The van der Waals surface area contributed by atoms with Gasteiger partial charge in [-0.15, -0.1) is 0 Å². The Kier molecular flexibility index (Phi) is 5.69. The van der Waals surface area contributed by atoms with Crippen LogP contribution in [0, 0.1) is 5.92 Å². The first-order valence-corrected chi connectivity index (χ1v) is 7.71. The molecule has 1 saturated heterocycles. The second kappa shape index (κ2) is 7.55. The zero-order valence-electron chi connectivity index (χ0n) is 13.2. The number of likely N-dealkylation sites (tertiary alicyclic amines) is 1. The topological polar surface area (TPSA) is 58.6 Å². The minimum atomic E-state index is -4.47. The second-order valence-corrected chi connectivity index (χ2v) is 5.55. The SMILES string of the molecule is CCOC(=O)C1CCCN(C(=O)Nc2cccc(C(F)(F)F)c2)C1. The van der Waals surface area contributed by atoms with Crippen LogP contribution in [0.2, 0.25) is 0 Å². The Morgan fingerprint density at radius 1 is 1.38 bits per heavy atom. The highest BCUT2D eigenvalue weighted by molar-refractivity contribution is 5.90. The van der Waals surface area contributed by atoms with Gasteiger partial charge in [-0.1, -0.05) is 6.07 Å².